The van der Waals surface area contributed by atoms with Crippen LogP contribution >= 0.6 is 0 Å². The van der Waals surface area contributed by atoms with E-state index in [9.17, 15) is 18.8 Å². The third-order valence-corrected chi connectivity index (χ3v) is 5.78. The molecule has 0 aliphatic carbocycles. The molecular weight excluding hydrogens is 425 g/mol. The van der Waals surface area contributed by atoms with Gasteiger partial charge in [-0.1, -0.05) is 43.3 Å². The molecule has 0 bridgehead atoms. The van der Waals surface area contributed by atoms with E-state index in [-0.39, 0.29) is 41.7 Å². The normalized spacial score (nSPS) is 15.6. The number of benzene rings is 2. The molecule has 4 rings (SSSR count). The molecule has 1 saturated heterocycles. The van der Waals surface area contributed by atoms with Crippen LogP contribution in [0.15, 0.2) is 54.6 Å². The standard InChI is InChI=1S/C25H26FN3O4/c1-2-24(31)29-14-20(15-29)27-23(30)16-33-22-9-8-19(26)12-21(22)25(32)28-11-10-18(13-28)17-6-4-3-5-7-17/h3-10,12,20H,2,11,13-16H2,1H3,(H,27,30). The Morgan fingerprint density at radius 1 is 1.09 bits per heavy atom. The molecule has 2 aromatic rings. The predicted octanol–water partition coefficient (Wildman–Crippen LogP) is 2.48. The molecule has 0 atom stereocenters. The third kappa shape index (κ3) is 5.22. The molecule has 0 aromatic heterocycles. The van der Waals surface area contributed by atoms with Crippen molar-refractivity contribution in [1.82, 2.24) is 15.1 Å². The number of halogens is 1. The maximum Gasteiger partial charge on any atom is 0.258 e. The van der Waals surface area contributed by atoms with Crippen LogP contribution in [0, 0.1) is 5.82 Å². The summed E-state index contributed by atoms with van der Waals surface area (Å²) in [6.45, 7) is 3.26. The van der Waals surface area contributed by atoms with Crippen LogP contribution in [0.25, 0.3) is 5.57 Å². The monoisotopic (exact) mass is 451 g/mol. The maximum absolute atomic E-state index is 13.9. The molecule has 0 radical (unpaired) electrons. The summed E-state index contributed by atoms with van der Waals surface area (Å²) in [7, 11) is 0. The minimum absolute atomic E-state index is 0.0537. The van der Waals surface area contributed by atoms with E-state index >= 15 is 0 Å². The molecule has 2 aliphatic rings. The molecule has 0 spiro atoms. The highest BCUT2D eigenvalue weighted by Gasteiger charge is 2.31. The number of nitrogens with zero attached hydrogens (tertiary/aromatic N) is 2. The average Bonchev–Trinajstić information content (AvgIpc) is 3.30. The second-order valence-electron chi connectivity index (χ2n) is 8.13. The fourth-order valence-corrected chi connectivity index (χ4v) is 3.95. The van der Waals surface area contributed by atoms with Gasteiger partial charge >= 0.3 is 0 Å². The Bertz CT molecular complexity index is 1080. The van der Waals surface area contributed by atoms with E-state index in [1.54, 1.807) is 16.7 Å². The summed E-state index contributed by atoms with van der Waals surface area (Å²) in [5, 5.41) is 2.80. The van der Waals surface area contributed by atoms with Crippen molar-refractivity contribution in [1.29, 1.82) is 0 Å². The van der Waals surface area contributed by atoms with E-state index in [4.69, 9.17) is 4.74 Å². The van der Waals surface area contributed by atoms with Crippen LogP contribution in [0.2, 0.25) is 0 Å². The van der Waals surface area contributed by atoms with Gasteiger partial charge in [0.15, 0.2) is 6.61 Å². The number of hydrogen-bond acceptors (Lipinski definition) is 4. The minimum Gasteiger partial charge on any atom is -0.483 e. The topological polar surface area (TPSA) is 79.0 Å². The van der Waals surface area contributed by atoms with E-state index in [1.807, 2.05) is 36.4 Å². The molecule has 7 nitrogen and oxygen atoms in total. The number of nitrogens with one attached hydrogen (secondary N) is 1. The van der Waals surface area contributed by atoms with Crippen LogP contribution in [0.3, 0.4) is 0 Å². The molecular formula is C25H26FN3O4. The highest BCUT2D eigenvalue weighted by molar-refractivity contribution is 5.98. The SMILES string of the molecule is CCC(=O)N1CC(NC(=O)COc2ccc(F)cc2C(=O)N2CC=C(c3ccccc3)C2)C1. The van der Waals surface area contributed by atoms with Crippen molar-refractivity contribution in [3.05, 3.63) is 71.6 Å². The van der Waals surface area contributed by atoms with Crippen molar-refractivity contribution in [2.24, 2.45) is 0 Å². The largest absolute Gasteiger partial charge is 0.483 e. The van der Waals surface area contributed by atoms with Gasteiger partial charge in [0.2, 0.25) is 5.91 Å². The molecule has 0 unspecified atom stereocenters. The first-order valence-corrected chi connectivity index (χ1v) is 11.0. The summed E-state index contributed by atoms with van der Waals surface area (Å²) in [5.74, 6) is -1.07. The Labute approximate surface area is 191 Å². The summed E-state index contributed by atoms with van der Waals surface area (Å²) in [5.41, 5.74) is 2.14. The second kappa shape index (κ2) is 9.85. The molecule has 33 heavy (non-hydrogen) atoms. The van der Waals surface area contributed by atoms with Gasteiger partial charge in [0.1, 0.15) is 11.6 Å². The third-order valence-electron chi connectivity index (χ3n) is 5.78. The highest BCUT2D eigenvalue weighted by atomic mass is 19.1. The lowest BCUT2D eigenvalue weighted by atomic mass is 10.1. The van der Waals surface area contributed by atoms with Crippen molar-refractivity contribution in [3.8, 4) is 5.75 Å². The molecule has 1 fully saturated rings. The Morgan fingerprint density at radius 2 is 1.85 bits per heavy atom. The number of carbonyl (C=O) groups is 3. The fourth-order valence-electron chi connectivity index (χ4n) is 3.95. The van der Waals surface area contributed by atoms with Gasteiger partial charge in [0.05, 0.1) is 11.6 Å². The number of rotatable bonds is 7. The van der Waals surface area contributed by atoms with E-state index < -0.39 is 5.82 Å². The summed E-state index contributed by atoms with van der Waals surface area (Å²) >= 11 is 0. The second-order valence-corrected chi connectivity index (χ2v) is 8.13. The van der Waals surface area contributed by atoms with Crippen molar-refractivity contribution >= 4 is 23.3 Å². The van der Waals surface area contributed by atoms with Gasteiger partial charge in [-0.15, -0.1) is 0 Å². The van der Waals surface area contributed by atoms with Crippen molar-refractivity contribution < 1.29 is 23.5 Å². The Hall–Kier alpha value is -3.68. The lowest BCUT2D eigenvalue weighted by Gasteiger charge is -2.39. The smallest absolute Gasteiger partial charge is 0.258 e. The van der Waals surface area contributed by atoms with Crippen molar-refractivity contribution in [2.45, 2.75) is 19.4 Å². The Morgan fingerprint density at radius 3 is 2.58 bits per heavy atom. The van der Waals surface area contributed by atoms with Crippen molar-refractivity contribution in [3.63, 3.8) is 0 Å². The molecule has 8 heteroatoms. The number of carbonyl (C=O) groups excluding carboxylic acids is 3. The van der Waals surface area contributed by atoms with Gasteiger partial charge in [-0.2, -0.15) is 0 Å². The van der Waals surface area contributed by atoms with E-state index in [0.717, 1.165) is 17.2 Å². The first-order valence-electron chi connectivity index (χ1n) is 11.0. The predicted molar refractivity (Wildman–Crippen MR) is 121 cm³/mol. The van der Waals surface area contributed by atoms with Crippen LogP contribution < -0.4 is 10.1 Å². The highest BCUT2D eigenvalue weighted by Crippen LogP contribution is 2.26. The van der Waals surface area contributed by atoms with Gasteiger partial charge in [0, 0.05) is 32.6 Å². The summed E-state index contributed by atoms with van der Waals surface area (Å²) in [4.78, 5) is 40.2. The zero-order valence-electron chi connectivity index (χ0n) is 18.4. The van der Waals surface area contributed by atoms with Crippen LogP contribution in [0.1, 0.15) is 29.3 Å². The van der Waals surface area contributed by atoms with Crippen LogP contribution in [-0.2, 0) is 9.59 Å². The zero-order chi connectivity index (χ0) is 23.4. The molecule has 1 N–H and O–H groups in total. The first kappa shape index (κ1) is 22.5. The van der Waals surface area contributed by atoms with E-state index in [1.165, 1.54) is 12.1 Å². The molecule has 172 valence electrons. The maximum atomic E-state index is 13.9. The Kier molecular flexibility index (Phi) is 6.72. The summed E-state index contributed by atoms with van der Waals surface area (Å²) in [6, 6.07) is 13.3. The number of amides is 3. The molecule has 2 heterocycles. The lowest BCUT2D eigenvalue weighted by molar-refractivity contribution is -0.138. The number of ether oxygens (including phenoxy) is 1. The molecule has 2 aliphatic heterocycles. The van der Waals surface area contributed by atoms with Crippen LogP contribution in [0.5, 0.6) is 5.75 Å². The zero-order valence-corrected chi connectivity index (χ0v) is 18.4. The molecule has 3 amide bonds. The summed E-state index contributed by atoms with van der Waals surface area (Å²) < 4.78 is 19.5. The summed E-state index contributed by atoms with van der Waals surface area (Å²) in [6.07, 6.45) is 2.41. The minimum atomic E-state index is -0.555. The molecule has 2 aromatic carbocycles. The first-order chi connectivity index (χ1) is 15.9. The van der Waals surface area contributed by atoms with Gasteiger partial charge < -0.3 is 19.9 Å². The average molecular weight is 451 g/mol. The number of likely N-dealkylation sites (tertiary alicyclic amines) is 1. The quantitative estimate of drug-likeness (QED) is 0.702. The van der Waals surface area contributed by atoms with Crippen LogP contribution in [-0.4, -0.2) is 66.3 Å². The van der Waals surface area contributed by atoms with Crippen LogP contribution in [0.4, 0.5) is 4.39 Å². The van der Waals surface area contributed by atoms with Crippen molar-refractivity contribution in [2.75, 3.05) is 32.8 Å². The van der Waals surface area contributed by atoms with Gasteiger partial charge in [0.25, 0.3) is 11.8 Å². The Balaban J connectivity index is 1.34. The van der Waals surface area contributed by atoms with E-state index in [0.29, 0.717) is 32.6 Å². The van der Waals surface area contributed by atoms with Gasteiger partial charge in [-0.25, -0.2) is 4.39 Å². The van der Waals surface area contributed by atoms with Gasteiger partial charge in [-0.05, 0) is 29.3 Å². The molecule has 0 saturated carbocycles. The number of hydrogen-bond donors (Lipinski definition) is 1. The fraction of sp³-hybridized carbons (Fsp3) is 0.320. The lowest BCUT2D eigenvalue weighted by Crippen LogP contribution is -2.61. The van der Waals surface area contributed by atoms with E-state index in [2.05, 4.69) is 5.32 Å². The van der Waals surface area contributed by atoms with Gasteiger partial charge in [-0.3, -0.25) is 14.4 Å².